The molecule has 40 heavy (non-hydrogen) atoms. The predicted molar refractivity (Wildman–Crippen MR) is 146 cm³/mol. The monoisotopic (exact) mass is 565 g/mol. The minimum absolute atomic E-state index is 0.0373. The average molecular weight is 566 g/mol. The average Bonchev–Trinajstić information content (AvgIpc) is 3.46. The fourth-order valence-corrected chi connectivity index (χ4v) is 5.94. The molecule has 11 heteroatoms. The van der Waals surface area contributed by atoms with Crippen molar-refractivity contribution in [2.24, 2.45) is 5.73 Å². The van der Waals surface area contributed by atoms with E-state index in [1.807, 2.05) is 12.1 Å². The first kappa shape index (κ1) is 30.0. The van der Waals surface area contributed by atoms with E-state index in [9.17, 15) is 27.2 Å². The van der Waals surface area contributed by atoms with Gasteiger partial charge in [-0.25, -0.2) is 4.39 Å². The number of anilines is 1. The van der Waals surface area contributed by atoms with E-state index in [1.54, 1.807) is 17.0 Å². The number of fused-ring (bicyclic) bond motifs is 1. The Morgan fingerprint density at radius 2 is 1.52 bits per heavy atom. The third-order valence-corrected chi connectivity index (χ3v) is 7.98. The molecular weight excluding hydrogens is 526 g/mol. The van der Waals surface area contributed by atoms with Crippen LogP contribution in [0.4, 0.5) is 23.2 Å². The number of carbonyl (C=O) groups excluding carboxylic acids is 1. The summed E-state index contributed by atoms with van der Waals surface area (Å²) in [4.78, 5) is 29.2. The number of hydrogen-bond acceptors (Lipinski definition) is 5. The highest BCUT2D eigenvalue weighted by Gasteiger charge is 2.33. The maximum absolute atomic E-state index is 13.1. The summed E-state index contributed by atoms with van der Waals surface area (Å²) in [5.74, 6) is -0.695. The van der Waals surface area contributed by atoms with E-state index in [0.29, 0.717) is 12.6 Å². The fraction of sp³-hybridized carbons (Fsp3) is 0.586. The van der Waals surface area contributed by atoms with Gasteiger partial charge in [-0.3, -0.25) is 14.5 Å². The number of rotatable bonds is 4. The molecule has 7 nitrogen and oxygen atoms in total. The van der Waals surface area contributed by atoms with Gasteiger partial charge in [-0.2, -0.15) is 13.2 Å². The lowest BCUT2D eigenvalue weighted by molar-refractivity contribution is -0.138. The van der Waals surface area contributed by atoms with E-state index >= 15 is 0 Å². The second-order valence-electron chi connectivity index (χ2n) is 10.9. The van der Waals surface area contributed by atoms with Gasteiger partial charge in [-0.15, -0.1) is 0 Å². The lowest BCUT2D eigenvalue weighted by Gasteiger charge is -2.29. The number of halogens is 4. The van der Waals surface area contributed by atoms with Gasteiger partial charge in [0.15, 0.2) is 0 Å². The smallest absolute Gasteiger partial charge is 0.372 e. The van der Waals surface area contributed by atoms with Crippen molar-refractivity contribution in [3.8, 4) is 0 Å². The number of amides is 1. The summed E-state index contributed by atoms with van der Waals surface area (Å²) in [6.45, 7) is 5.56. The topological polar surface area (TPSA) is 74.8 Å². The molecular formula is C29H39F4N5O2. The molecule has 0 saturated carbocycles. The maximum atomic E-state index is 13.1. The number of aromatic nitrogens is 1. The van der Waals surface area contributed by atoms with E-state index in [0.717, 1.165) is 25.2 Å². The number of pyridine rings is 1. The molecule has 0 radical (unpaired) electrons. The van der Waals surface area contributed by atoms with Crippen LogP contribution in [0.3, 0.4) is 0 Å². The van der Waals surface area contributed by atoms with Gasteiger partial charge in [-0.05, 0) is 81.9 Å². The second-order valence-corrected chi connectivity index (χ2v) is 10.9. The summed E-state index contributed by atoms with van der Waals surface area (Å²) in [5, 5.41) is 0. The van der Waals surface area contributed by atoms with Gasteiger partial charge in [0.2, 0.25) is 5.91 Å². The van der Waals surface area contributed by atoms with Gasteiger partial charge >= 0.3 is 6.18 Å². The molecule has 1 amide bonds. The number of nitrogens with zero attached hydrogens (tertiary/aromatic N) is 4. The SMILES string of the molecule is Fc1ccc(N2CCCCC(N3CCCC3)CCC2)cc1.NC(=O)CN1CCn2c(cc(C(F)(F)F)cc2=O)C1. The molecule has 4 heterocycles. The van der Waals surface area contributed by atoms with Crippen LogP contribution in [0.1, 0.15) is 56.2 Å². The van der Waals surface area contributed by atoms with Crippen LogP contribution in [0.15, 0.2) is 41.2 Å². The molecule has 2 N–H and O–H groups in total. The zero-order valence-electron chi connectivity index (χ0n) is 22.8. The summed E-state index contributed by atoms with van der Waals surface area (Å²) in [7, 11) is 0. The van der Waals surface area contributed by atoms with Crippen LogP contribution in [0.2, 0.25) is 0 Å². The highest BCUT2D eigenvalue weighted by atomic mass is 19.4. The molecule has 0 aliphatic carbocycles. The van der Waals surface area contributed by atoms with Gasteiger partial charge in [0.1, 0.15) is 5.82 Å². The minimum Gasteiger partial charge on any atom is -0.372 e. The quantitative estimate of drug-likeness (QED) is 0.562. The summed E-state index contributed by atoms with van der Waals surface area (Å²) < 4.78 is 52.2. The summed E-state index contributed by atoms with van der Waals surface area (Å²) in [6.07, 6.45) is 4.71. The Balaban J connectivity index is 0.000000186. The van der Waals surface area contributed by atoms with Crippen molar-refractivity contribution in [3.05, 3.63) is 63.8 Å². The van der Waals surface area contributed by atoms with Crippen molar-refractivity contribution in [1.82, 2.24) is 14.4 Å². The molecule has 0 spiro atoms. The van der Waals surface area contributed by atoms with Gasteiger partial charge in [-0.1, -0.05) is 6.42 Å². The molecule has 3 aliphatic rings. The Hall–Kier alpha value is -2.92. The molecule has 2 aromatic rings. The fourth-order valence-electron chi connectivity index (χ4n) is 5.94. The first-order valence-electron chi connectivity index (χ1n) is 14.2. The van der Waals surface area contributed by atoms with Crippen molar-refractivity contribution in [2.75, 3.05) is 44.2 Å². The molecule has 1 aromatic heterocycles. The number of hydrogen-bond donors (Lipinski definition) is 1. The van der Waals surface area contributed by atoms with E-state index in [2.05, 4.69) is 9.80 Å². The van der Waals surface area contributed by atoms with E-state index in [1.165, 1.54) is 68.3 Å². The lowest BCUT2D eigenvalue weighted by Crippen LogP contribution is -2.42. The Labute approximate surface area is 232 Å². The van der Waals surface area contributed by atoms with Crippen molar-refractivity contribution >= 4 is 11.6 Å². The molecule has 0 bridgehead atoms. The first-order chi connectivity index (χ1) is 19.1. The van der Waals surface area contributed by atoms with Crippen LogP contribution in [0, 0.1) is 5.82 Å². The molecule has 5 rings (SSSR count). The molecule has 3 aliphatic heterocycles. The molecule has 1 atom stereocenters. The minimum atomic E-state index is -4.55. The number of benzene rings is 1. The zero-order valence-corrected chi connectivity index (χ0v) is 22.8. The van der Waals surface area contributed by atoms with Gasteiger partial charge in [0.05, 0.1) is 12.1 Å². The van der Waals surface area contributed by atoms with Crippen LogP contribution in [0.25, 0.3) is 0 Å². The Morgan fingerprint density at radius 1 is 0.875 bits per heavy atom. The van der Waals surface area contributed by atoms with Crippen molar-refractivity contribution in [1.29, 1.82) is 0 Å². The molecule has 2 fully saturated rings. The Kier molecular flexibility index (Phi) is 10.2. The number of likely N-dealkylation sites (tertiary alicyclic amines) is 1. The largest absolute Gasteiger partial charge is 0.416 e. The van der Waals surface area contributed by atoms with Gasteiger partial charge in [0.25, 0.3) is 5.56 Å². The number of carbonyl (C=O) groups is 1. The van der Waals surface area contributed by atoms with Crippen molar-refractivity contribution < 1.29 is 22.4 Å². The second kappa shape index (κ2) is 13.6. The third kappa shape index (κ3) is 8.30. The van der Waals surface area contributed by atoms with E-state index in [4.69, 9.17) is 5.73 Å². The highest BCUT2D eigenvalue weighted by Crippen LogP contribution is 2.29. The van der Waals surface area contributed by atoms with Gasteiger partial charge in [0, 0.05) is 56.2 Å². The number of nitrogens with two attached hydrogens (primary N) is 1. The number of primary amides is 1. The molecule has 2 saturated heterocycles. The van der Waals surface area contributed by atoms with Crippen LogP contribution >= 0.6 is 0 Å². The van der Waals surface area contributed by atoms with Crippen molar-refractivity contribution in [2.45, 2.75) is 70.3 Å². The van der Waals surface area contributed by atoms with E-state index < -0.39 is 23.2 Å². The Morgan fingerprint density at radius 3 is 2.20 bits per heavy atom. The van der Waals surface area contributed by atoms with E-state index in [-0.39, 0.29) is 31.1 Å². The van der Waals surface area contributed by atoms with Gasteiger partial charge < -0.3 is 20.1 Å². The van der Waals surface area contributed by atoms with Crippen LogP contribution < -0.4 is 16.2 Å². The van der Waals surface area contributed by atoms with Crippen LogP contribution in [0.5, 0.6) is 0 Å². The number of alkyl halides is 3. The Bertz CT molecular complexity index is 1180. The highest BCUT2D eigenvalue weighted by molar-refractivity contribution is 5.75. The summed E-state index contributed by atoms with van der Waals surface area (Å²) >= 11 is 0. The van der Waals surface area contributed by atoms with Crippen LogP contribution in [-0.4, -0.2) is 65.6 Å². The molecule has 220 valence electrons. The first-order valence-corrected chi connectivity index (χ1v) is 14.2. The lowest BCUT2D eigenvalue weighted by atomic mass is 10.0. The molecule has 1 aromatic carbocycles. The molecule has 1 unspecified atom stereocenters. The summed E-state index contributed by atoms with van der Waals surface area (Å²) in [6, 6.07) is 9.34. The van der Waals surface area contributed by atoms with Crippen molar-refractivity contribution in [3.63, 3.8) is 0 Å². The predicted octanol–water partition coefficient (Wildman–Crippen LogP) is 4.23. The normalized spacial score (nSPS) is 21.0. The standard InChI is InChI=1S/C18H27FN2.C11H12F3N3O2/c19-16-8-10-18(11-9-16)21-12-2-1-6-17(7-5-15-21)20-13-3-4-14-20;12-11(13,14)7-3-8-5-16(6-9(15)18)1-2-17(8)10(19)4-7/h8-11,17H,1-7,12-15H2;3-4H,1-2,5-6H2,(H2,15,18). The third-order valence-electron chi connectivity index (χ3n) is 7.98. The van der Waals surface area contributed by atoms with Crippen LogP contribution in [-0.2, 0) is 24.1 Å². The summed E-state index contributed by atoms with van der Waals surface area (Å²) in [5.41, 5.74) is 4.82. The zero-order chi connectivity index (χ0) is 28.7. The maximum Gasteiger partial charge on any atom is 0.416 e.